The Morgan fingerprint density at radius 1 is 1.55 bits per heavy atom. The number of carbonyl (C=O) groups is 1. The molecular weight excluding hydrogens is 144 g/mol. The minimum Gasteiger partial charge on any atom is -0.481 e. The van der Waals surface area contributed by atoms with E-state index >= 15 is 0 Å². The number of carboxylic acid groups (broad SMARTS) is 1. The molecule has 11 heavy (non-hydrogen) atoms. The van der Waals surface area contributed by atoms with E-state index in [0.29, 0.717) is 11.8 Å². The Morgan fingerprint density at radius 3 is 2.45 bits per heavy atom. The van der Waals surface area contributed by atoms with Gasteiger partial charge in [-0.25, -0.2) is 0 Å². The maximum absolute atomic E-state index is 10.8. The molecule has 60 valence electrons. The van der Waals surface area contributed by atoms with Gasteiger partial charge in [-0.05, 0) is 24.7 Å². The third kappa shape index (κ3) is 0.392. The van der Waals surface area contributed by atoms with E-state index in [0.717, 1.165) is 12.8 Å². The van der Waals surface area contributed by atoms with Crippen LogP contribution in [0.4, 0.5) is 0 Å². The Balaban J connectivity index is 2.04. The third-order valence-electron chi connectivity index (χ3n) is 3.99. The molecule has 0 heterocycles. The molecule has 2 N–H and O–H groups in total. The number of hydrogen-bond acceptors (Lipinski definition) is 2. The van der Waals surface area contributed by atoms with Crippen LogP contribution in [0.2, 0.25) is 0 Å². The normalized spacial score (nSPS) is 63.4. The van der Waals surface area contributed by atoms with Crippen LogP contribution < -0.4 is 0 Å². The quantitative estimate of drug-likeness (QED) is 0.562. The fraction of sp³-hybridized carbons (Fsp3) is 0.875. The van der Waals surface area contributed by atoms with Crippen molar-refractivity contribution in [1.82, 2.24) is 0 Å². The van der Waals surface area contributed by atoms with Crippen molar-refractivity contribution in [2.75, 3.05) is 0 Å². The van der Waals surface area contributed by atoms with E-state index in [1.807, 2.05) is 0 Å². The number of aliphatic hydroxyl groups is 1. The van der Waals surface area contributed by atoms with Gasteiger partial charge in [0, 0.05) is 5.92 Å². The summed E-state index contributed by atoms with van der Waals surface area (Å²) in [6, 6.07) is 0. The highest BCUT2D eigenvalue weighted by molar-refractivity contribution is 5.81. The molecular formula is C8H10O3. The summed E-state index contributed by atoms with van der Waals surface area (Å²) in [5.41, 5.74) is -0.468. The zero-order chi connectivity index (χ0) is 7.80. The van der Waals surface area contributed by atoms with E-state index in [1.54, 1.807) is 0 Å². The summed E-state index contributed by atoms with van der Waals surface area (Å²) in [5, 5.41) is 18.4. The molecule has 4 fully saturated rings. The van der Waals surface area contributed by atoms with Gasteiger partial charge in [-0.2, -0.15) is 0 Å². The molecule has 0 amide bonds. The number of aliphatic carboxylic acids is 1. The lowest BCUT2D eigenvalue weighted by Gasteiger charge is -2.03. The van der Waals surface area contributed by atoms with Gasteiger partial charge in [-0.15, -0.1) is 0 Å². The molecule has 0 aromatic rings. The molecule has 5 atom stereocenters. The Bertz CT molecular complexity index is 250. The van der Waals surface area contributed by atoms with Gasteiger partial charge < -0.3 is 10.2 Å². The zero-order valence-electron chi connectivity index (χ0n) is 6.03. The predicted molar refractivity (Wildman–Crippen MR) is 35.8 cm³/mol. The number of rotatable bonds is 1. The highest BCUT2D eigenvalue weighted by Crippen LogP contribution is 2.78. The van der Waals surface area contributed by atoms with E-state index in [1.165, 1.54) is 0 Å². The van der Waals surface area contributed by atoms with E-state index in [9.17, 15) is 9.90 Å². The highest BCUT2D eigenvalue weighted by Gasteiger charge is 2.82. The predicted octanol–water partition coefficient (Wildman–Crippen LogP) is 0.0879. The van der Waals surface area contributed by atoms with Crippen LogP contribution in [-0.2, 0) is 4.79 Å². The molecule has 3 nitrogen and oxygen atoms in total. The lowest BCUT2D eigenvalue weighted by Crippen LogP contribution is -2.15. The van der Waals surface area contributed by atoms with Crippen molar-refractivity contribution >= 4 is 5.97 Å². The minimum absolute atomic E-state index is 0.116. The zero-order valence-corrected chi connectivity index (χ0v) is 6.03. The van der Waals surface area contributed by atoms with Gasteiger partial charge in [-0.1, -0.05) is 0 Å². The summed E-state index contributed by atoms with van der Waals surface area (Å²) in [6.07, 6.45) is 1.40. The van der Waals surface area contributed by atoms with Crippen LogP contribution >= 0.6 is 0 Å². The SMILES string of the molecule is O=C(O)[C@]12C[C@@H]3CC1C2[C@@H]3O. The van der Waals surface area contributed by atoms with Gasteiger partial charge in [0.05, 0.1) is 11.5 Å². The van der Waals surface area contributed by atoms with Crippen molar-refractivity contribution in [3.8, 4) is 0 Å². The summed E-state index contributed by atoms with van der Waals surface area (Å²) in [5.74, 6) is 0.0673. The van der Waals surface area contributed by atoms with E-state index in [4.69, 9.17) is 5.11 Å². The summed E-state index contributed by atoms with van der Waals surface area (Å²) < 4.78 is 0. The average molecular weight is 154 g/mol. The standard InChI is InChI=1S/C8H10O3/c9-6-3-1-4-5(6)8(4,2-3)7(10)11/h3-6,9H,1-2H2,(H,10,11)/t3-,4?,5?,6+,8+/m0/s1. The third-order valence-corrected chi connectivity index (χ3v) is 3.99. The van der Waals surface area contributed by atoms with Gasteiger partial charge in [0.2, 0.25) is 0 Å². The molecule has 4 aliphatic rings. The lowest BCUT2D eigenvalue weighted by molar-refractivity contribution is -0.144. The molecule has 0 spiro atoms. The first-order valence-corrected chi connectivity index (χ1v) is 4.09. The molecule has 4 bridgehead atoms. The van der Waals surface area contributed by atoms with E-state index in [-0.39, 0.29) is 12.0 Å². The molecule has 0 aliphatic heterocycles. The topological polar surface area (TPSA) is 57.5 Å². The second kappa shape index (κ2) is 1.33. The summed E-state index contributed by atoms with van der Waals surface area (Å²) >= 11 is 0. The van der Waals surface area contributed by atoms with Gasteiger partial charge in [0.1, 0.15) is 0 Å². The first-order valence-electron chi connectivity index (χ1n) is 4.09. The van der Waals surface area contributed by atoms with Crippen LogP contribution in [0.15, 0.2) is 0 Å². The van der Waals surface area contributed by atoms with Crippen molar-refractivity contribution in [3.63, 3.8) is 0 Å². The fourth-order valence-electron chi connectivity index (χ4n) is 3.52. The minimum atomic E-state index is -0.674. The number of carboxylic acids is 1. The fourth-order valence-corrected chi connectivity index (χ4v) is 3.52. The Hall–Kier alpha value is -0.570. The van der Waals surface area contributed by atoms with Crippen molar-refractivity contribution < 1.29 is 15.0 Å². The van der Waals surface area contributed by atoms with Crippen molar-refractivity contribution in [2.45, 2.75) is 18.9 Å². The second-order valence-electron chi connectivity index (χ2n) is 4.17. The number of aliphatic hydroxyl groups excluding tert-OH is 1. The van der Waals surface area contributed by atoms with E-state index < -0.39 is 11.4 Å². The lowest BCUT2D eigenvalue weighted by atomic mass is 10.1. The average Bonchev–Trinajstić information content (AvgIpc) is 2.32. The van der Waals surface area contributed by atoms with Gasteiger partial charge in [0.15, 0.2) is 0 Å². The van der Waals surface area contributed by atoms with Crippen molar-refractivity contribution in [2.24, 2.45) is 23.2 Å². The van der Waals surface area contributed by atoms with E-state index in [2.05, 4.69) is 0 Å². The molecule has 0 saturated heterocycles. The maximum Gasteiger partial charge on any atom is 0.310 e. The summed E-state index contributed by atoms with van der Waals surface area (Å²) in [6.45, 7) is 0. The largest absolute Gasteiger partial charge is 0.481 e. The van der Waals surface area contributed by atoms with Crippen LogP contribution in [0.1, 0.15) is 12.8 Å². The highest BCUT2D eigenvalue weighted by atomic mass is 16.4. The summed E-state index contributed by atoms with van der Waals surface area (Å²) in [4.78, 5) is 10.8. The maximum atomic E-state index is 10.8. The molecule has 4 saturated carbocycles. The van der Waals surface area contributed by atoms with Gasteiger partial charge in [0.25, 0.3) is 0 Å². The van der Waals surface area contributed by atoms with Crippen LogP contribution in [0, 0.1) is 23.2 Å². The first kappa shape index (κ1) is 6.00. The van der Waals surface area contributed by atoms with Crippen molar-refractivity contribution in [1.29, 1.82) is 0 Å². The Kier molecular flexibility index (Phi) is 0.727. The van der Waals surface area contributed by atoms with Crippen LogP contribution in [-0.4, -0.2) is 22.3 Å². The molecule has 4 rings (SSSR count). The molecule has 2 unspecified atom stereocenters. The molecule has 4 aliphatic carbocycles. The molecule has 0 aromatic carbocycles. The summed E-state index contributed by atoms with van der Waals surface area (Å²) in [7, 11) is 0. The van der Waals surface area contributed by atoms with Crippen LogP contribution in [0.25, 0.3) is 0 Å². The number of hydrogen-bond donors (Lipinski definition) is 2. The smallest absolute Gasteiger partial charge is 0.310 e. The van der Waals surface area contributed by atoms with Gasteiger partial charge in [-0.3, -0.25) is 4.79 Å². The second-order valence-corrected chi connectivity index (χ2v) is 4.17. The van der Waals surface area contributed by atoms with Gasteiger partial charge >= 0.3 is 5.97 Å². The molecule has 0 aromatic heterocycles. The van der Waals surface area contributed by atoms with Crippen LogP contribution in [0.5, 0.6) is 0 Å². The molecule has 0 radical (unpaired) electrons. The molecule has 3 heteroatoms. The monoisotopic (exact) mass is 154 g/mol. The first-order chi connectivity index (χ1) is 5.18. The van der Waals surface area contributed by atoms with Crippen molar-refractivity contribution in [3.05, 3.63) is 0 Å². The Labute approximate surface area is 64.0 Å². The Morgan fingerprint density at radius 2 is 2.27 bits per heavy atom. The van der Waals surface area contributed by atoms with Crippen LogP contribution in [0.3, 0.4) is 0 Å².